The van der Waals surface area contributed by atoms with Gasteiger partial charge in [-0.1, -0.05) is 48.5 Å². The summed E-state index contributed by atoms with van der Waals surface area (Å²) in [4.78, 5) is 12.3. The van der Waals surface area contributed by atoms with Gasteiger partial charge in [0.15, 0.2) is 0 Å². The molecule has 6 heteroatoms. The molecule has 148 valence electrons. The lowest BCUT2D eigenvalue weighted by Gasteiger charge is -2.17. The highest BCUT2D eigenvalue weighted by molar-refractivity contribution is 6.07. The molecule has 30 heavy (non-hydrogen) atoms. The van der Waals surface area contributed by atoms with Gasteiger partial charge in [-0.25, -0.2) is 9.69 Å². The number of carbonyl (C=O) groups is 1. The van der Waals surface area contributed by atoms with Gasteiger partial charge in [0.25, 0.3) is 0 Å². The first-order chi connectivity index (χ1) is 14.7. The van der Waals surface area contributed by atoms with Crippen molar-refractivity contribution < 1.29 is 9.21 Å². The maximum Gasteiger partial charge on any atom is 0.240 e. The van der Waals surface area contributed by atoms with E-state index in [9.17, 15) is 4.79 Å². The second-order valence-electron chi connectivity index (χ2n) is 7.18. The third-order valence-corrected chi connectivity index (χ3v) is 5.20. The molecule has 3 heterocycles. The highest BCUT2D eigenvalue weighted by Gasteiger charge is 2.34. The van der Waals surface area contributed by atoms with E-state index in [0.717, 1.165) is 34.0 Å². The fraction of sp³-hybridized carbons (Fsp3) is 0.125. The SMILES string of the molecule is CC(=O)N1N=C(c2cn(-c3ccccc3)nc2-c2ccccc2)C[C@H]1c1ccco1. The van der Waals surface area contributed by atoms with Crippen LogP contribution >= 0.6 is 0 Å². The van der Waals surface area contributed by atoms with Gasteiger partial charge >= 0.3 is 0 Å². The van der Waals surface area contributed by atoms with Crippen LogP contribution < -0.4 is 0 Å². The number of furan rings is 1. The van der Waals surface area contributed by atoms with Crippen LogP contribution in [0.1, 0.15) is 30.7 Å². The summed E-state index contributed by atoms with van der Waals surface area (Å²) in [5.74, 6) is 0.601. The van der Waals surface area contributed by atoms with Gasteiger partial charge < -0.3 is 4.42 Å². The predicted molar refractivity (Wildman–Crippen MR) is 114 cm³/mol. The Hall–Kier alpha value is -3.93. The number of benzene rings is 2. The number of hydrazone groups is 1. The lowest BCUT2D eigenvalue weighted by Crippen LogP contribution is -2.23. The van der Waals surface area contributed by atoms with Crippen molar-refractivity contribution in [3.63, 3.8) is 0 Å². The second-order valence-corrected chi connectivity index (χ2v) is 7.18. The molecule has 2 aromatic heterocycles. The average Bonchev–Trinajstić information content (AvgIpc) is 3.53. The van der Waals surface area contributed by atoms with Gasteiger partial charge in [-0.15, -0.1) is 0 Å². The molecule has 2 aromatic carbocycles. The van der Waals surface area contributed by atoms with Crippen molar-refractivity contribution in [1.29, 1.82) is 0 Å². The summed E-state index contributed by atoms with van der Waals surface area (Å²) in [7, 11) is 0. The molecule has 0 aliphatic carbocycles. The maximum absolute atomic E-state index is 12.3. The van der Waals surface area contributed by atoms with Crippen molar-refractivity contribution >= 4 is 11.6 Å². The highest BCUT2D eigenvalue weighted by atomic mass is 16.3. The molecular weight excluding hydrogens is 376 g/mol. The molecule has 1 amide bonds. The minimum atomic E-state index is -0.254. The van der Waals surface area contributed by atoms with Gasteiger partial charge in [0.1, 0.15) is 17.5 Å². The monoisotopic (exact) mass is 396 g/mol. The van der Waals surface area contributed by atoms with E-state index in [1.54, 1.807) is 6.26 Å². The van der Waals surface area contributed by atoms with Crippen LogP contribution in [0.25, 0.3) is 16.9 Å². The van der Waals surface area contributed by atoms with Crippen LogP contribution in [-0.4, -0.2) is 26.4 Å². The number of aromatic nitrogens is 2. The van der Waals surface area contributed by atoms with E-state index in [2.05, 4.69) is 5.10 Å². The molecular formula is C24H20N4O2. The molecule has 0 bridgehead atoms. The standard InChI is InChI=1S/C24H20N4O2/c1-17(29)28-22(23-13-8-14-30-23)15-21(25-28)20-16-27(19-11-6-3-7-12-19)26-24(20)18-9-4-2-5-10-18/h2-14,16,22H,15H2,1H3/t22-/m0/s1. The van der Waals surface area contributed by atoms with E-state index >= 15 is 0 Å². The Morgan fingerprint density at radius 1 is 1.00 bits per heavy atom. The zero-order valence-corrected chi connectivity index (χ0v) is 16.5. The molecule has 1 atom stereocenters. The number of carbonyl (C=O) groups excluding carboxylic acids is 1. The smallest absolute Gasteiger partial charge is 0.240 e. The van der Waals surface area contributed by atoms with Crippen LogP contribution in [-0.2, 0) is 4.79 Å². The molecule has 0 saturated heterocycles. The van der Waals surface area contributed by atoms with Crippen molar-refractivity contribution in [1.82, 2.24) is 14.8 Å². The Balaban J connectivity index is 1.62. The molecule has 6 nitrogen and oxygen atoms in total. The zero-order valence-electron chi connectivity index (χ0n) is 16.5. The van der Waals surface area contributed by atoms with Crippen molar-refractivity contribution in [2.24, 2.45) is 5.10 Å². The lowest BCUT2D eigenvalue weighted by atomic mass is 10.00. The number of hydrogen-bond donors (Lipinski definition) is 0. The fourth-order valence-corrected chi connectivity index (χ4v) is 3.77. The third kappa shape index (κ3) is 3.22. The maximum atomic E-state index is 12.3. The summed E-state index contributed by atoms with van der Waals surface area (Å²) >= 11 is 0. The Morgan fingerprint density at radius 3 is 2.40 bits per heavy atom. The molecule has 0 saturated carbocycles. The van der Waals surface area contributed by atoms with Crippen LogP contribution in [0.5, 0.6) is 0 Å². The third-order valence-electron chi connectivity index (χ3n) is 5.20. The van der Waals surface area contributed by atoms with E-state index in [1.807, 2.05) is 83.7 Å². The van der Waals surface area contributed by atoms with Gasteiger partial charge in [0, 0.05) is 30.7 Å². The van der Waals surface area contributed by atoms with Crippen molar-refractivity contribution in [2.75, 3.05) is 0 Å². The van der Waals surface area contributed by atoms with Crippen molar-refractivity contribution in [3.8, 4) is 16.9 Å². The Morgan fingerprint density at radius 2 is 1.73 bits per heavy atom. The van der Waals surface area contributed by atoms with E-state index in [0.29, 0.717) is 6.42 Å². The van der Waals surface area contributed by atoms with E-state index in [4.69, 9.17) is 9.52 Å². The average molecular weight is 396 g/mol. The van der Waals surface area contributed by atoms with E-state index in [-0.39, 0.29) is 11.9 Å². The minimum Gasteiger partial charge on any atom is -0.467 e. The first-order valence-corrected chi connectivity index (χ1v) is 9.82. The topological polar surface area (TPSA) is 63.6 Å². The van der Waals surface area contributed by atoms with Crippen LogP contribution in [0.4, 0.5) is 0 Å². The van der Waals surface area contributed by atoms with Gasteiger partial charge in [0.05, 0.1) is 17.7 Å². The molecule has 5 rings (SSSR count). The van der Waals surface area contributed by atoms with E-state index in [1.165, 1.54) is 11.9 Å². The normalized spacial score (nSPS) is 16.0. The highest BCUT2D eigenvalue weighted by Crippen LogP contribution is 2.35. The van der Waals surface area contributed by atoms with Crippen LogP contribution in [0.15, 0.2) is 94.8 Å². The number of amides is 1. The molecule has 0 unspecified atom stereocenters. The predicted octanol–water partition coefficient (Wildman–Crippen LogP) is 4.83. The largest absolute Gasteiger partial charge is 0.467 e. The van der Waals surface area contributed by atoms with Crippen molar-refractivity contribution in [2.45, 2.75) is 19.4 Å². The summed E-state index contributed by atoms with van der Waals surface area (Å²) in [6, 6.07) is 23.4. The fourth-order valence-electron chi connectivity index (χ4n) is 3.77. The van der Waals surface area contributed by atoms with Crippen molar-refractivity contribution in [3.05, 3.63) is 96.6 Å². The van der Waals surface area contributed by atoms with Gasteiger partial charge in [-0.2, -0.15) is 10.2 Å². The summed E-state index contributed by atoms with van der Waals surface area (Å²) in [5.41, 5.74) is 4.52. The van der Waals surface area contributed by atoms with Crippen LogP contribution in [0, 0.1) is 0 Å². The summed E-state index contributed by atoms with van der Waals surface area (Å²) in [6.07, 6.45) is 4.17. The second kappa shape index (κ2) is 7.48. The molecule has 1 aliphatic heterocycles. The van der Waals surface area contributed by atoms with Gasteiger partial charge in [-0.3, -0.25) is 4.79 Å². The number of nitrogens with zero attached hydrogens (tertiary/aromatic N) is 4. The summed E-state index contributed by atoms with van der Waals surface area (Å²) in [5, 5.41) is 11.0. The zero-order chi connectivity index (χ0) is 20.5. The molecule has 0 spiro atoms. The number of hydrogen-bond acceptors (Lipinski definition) is 4. The Bertz CT molecular complexity index is 1190. The van der Waals surface area contributed by atoms with Gasteiger partial charge in [0.2, 0.25) is 5.91 Å². The summed E-state index contributed by atoms with van der Waals surface area (Å²) < 4.78 is 7.44. The molecule has 1 aliphatic rings. The van der Waals surface area contributed by atoms with Gasteiger partial charge in [-0.05, 0) is 24.3 Å². The van der Waals surface area contributed by atoms with Crippen LogP contribution in [0.2, 0.25) is 0 Å². The Labute approximate surface area is 174 Å². The van der Waals surface area contributed by atoms with Crippen LogP contribution in [0.3, 0.4) is 0 Å². The summed E-state index contributed by atoms with van der Waals surface area (Å²) in [6.45, 7) is 1.52. The lowest BCUT2D eigenvalue weighted by molar-refractivity contribution is -0.130. The first kappa shape index (κ1) is 18.1. The molecule has 4 aromatic rings. The molecule has 0 radical (unpaired) electrons. The minimum absolute atomic E-state index is 0.122. The first-order valence-electron chi connectivity index (χ1n) is 9.82. The quantitative estimate of drug-likeness (QED) is 0.496. The Kier molecular flexibility index (Phi) is 4.52. The number of rotatable bonds is 4. The molecule has 0 fully saturated rings. The van der Waals surface area contributed by atoms with E-state index < -0.39 is 0 Å². The molecule has 0 N–H and O–H groups in total. The number of para-hydroxylation sites is 1.